The van der Waals surface area contributed by atoms with Crippen LogP contribution in [0.4, 0.5) is 5.69 Å². The third-order valence-corrected chi connectivity index (χ3v) is 6.93. The van der Waals surface area contributed by atoms with E-state index in [2.05, 4.69) is 15.3 Å². The highest BCUT2D eigenvalue weighted by Crippen LogP contribution is 2.44. The third-order valence-electron chi connectivity index (χ3n) is 4.98. The van der Waals surface area contributed by atoms with Gasteiger partial charge in [-0.15, -0.1) is 0 Å². The Bertz CT molecular complexity index is 1370. The largest absolute Gasteiger partial charge is 0.454 e. The van der Waals surface area contributed by atoms with E-state index in [9.17, 15) is 13.2 Å². The SMILES string of the molecule is Cc1cc(C(=O)N=C(N)N)cc2c1Oc1c(Cl)cc(NCCn3ccnc3)cc1CS2(=O)=O. The highest BCUT2D eigenvalue weighted by atomic mass is 35.5. The van der Waals surface area contributed by atoms with Crippen LogP contribution in [-0.2, 0) is 22.1 Å². The van der Waals surface area contributed by atoms with Crippen molar-refractivity contribution in [3.05, 3.63) is 64.7 Å². The Morgan fingerprint density at radius 1 is 1.27 bits per heavy atom. The van der Waals surface area contributed by atoms with Gasteiger partial charge in [-0.3, -0.25) is 4.79 Å². The number of aliphatic imine (C=N–C) groups is 1. The van der Waals surface area contributed by atoms with Crippen molar-refractivity contribution < 1.29 is 17.9 Å². The maximum atomic E-state index is 13.2. The normalized spacial score (nSPS) is 13.8. The van der Waals surface area contributed by atoms with E-state index in [4.69, 9.17) is 27.8 Å². The standard InChI is InChI=1S/C21H21ClN6O4S/c1-12-6-13(20(29)27-21(23)24)8-17-18(12)32-19-14(10-33(17,30)31)7-15(9-16(19)22)26-3-5-28-4-2-25-11-28/h2,4,6-9,11,26H,3,5,10H2,1H3,(H4,23,24,27,29). The minimum atomic E-state index is -3.88. The molecule has 0 radical (unpaired) electrons. The lowest BCUT2D eigenvalue weighted by Crippen LogP contribution is -2.24. The highest BCUT2D eigenvalue weighted by Gasteiger charge is 2.31. The molecule has 0 spiro atoms. The summed E-state index contributed by atoms with van der Waals surface area (Å²) in [5.74, 6) is -1.16. The molecule has 1 aliphatic heterocycles. The van der Waals surface area contributed by atoms with Gasteiger partial charge in [0.2, 0.25) is 0 Å². The lowest BCUT2D eigenvalue weighted by Gasteiger charge is -2.15. The molecule has 0 saturated heterocycles. The van der Waals surface area contributed by atoms with Crippen molar-refractivity contribution in [2.24, 2.45) is 16.5 Å². The van der Waals surface area contributed by atoms with Crippen molar-refractivity contribution in [3.8, 4) is 11.5 Å². The zero-order valence-corrected chi connectivity index (χ0v) is 19.2. The van der Waals surface area contributed by atoms with E-state index in [1.165, 1.54) is 12.1 Å². The van der Waals surface area contributed by atoms with Crippen molar-refractivity contribution in [2.75, 3.05) is 11.9 Å². The van der Waals surface area contributed by atoms with Crippen LogP contribution in [0, 0.1) is 6.92 Å². The van der Waals surface area contributed by atoms with Gasteiger partial charge in [-0.05, 0) is 36.8 Å². The lowest BCUT2D eigenvalue weighted by atomic mass is 10.1. The average molecular weight is 489 g/mol. The van der Waals surface area contributed by atoms with Gasteiger partial charge >= 0.3 is 0 Å². The number of carbonyl (C=O) groups is 1. The number of aryl methyl sites for hydroxylation is 1. The van der Waals surface area contributed by atoms with Crippen LogP contribution in [0.25, 0.3) is 0 Å². The number of nitrogens with two attached hydrogens (primary N) is 2. The number of fused-ring (bicyclic) bond motifs is 2. The van der Waals surface area contributed by atoms with E-state index in [-0.39, 0.29) is 32.7 Å². The summed E-state index contributed by atoms with van der Waals surface area (Å²) >= 11 is 6.47. The minimum Gasteiger partial charge on any atom is -0.454 e. The number of rotatable bonds is 5. The molecule has 10 nitrogen and oxygen atoms in total. The molecule has 172 valence electrons. The number of carbonyl (C=O) groups excluding carboxylic acids is 1. The number of guanidine groups is 1. The average Bonchev–Trinajstić information content (AvgIpc) is 3.20. The van der Waals surface area contributed by atoms with Crippen LogP contribution in [0.15, 0.2) is 52.9 Å². The van der Waals surface area contributed by atoms with E-state index in [1.807, 2.05) is 10.8 Å². The summed E-state index contributed by atoms with van der Waals surface area (Å²) < 4.78 is 34.4. The summed E-state index contributed by atoms with van der Waals surface area (Å²) in [4.78, 5) is 19.6. The summed E-state index contributed by atoms with van der Waals surface area (Å²) in [5.41, 5.74) is 12.1. The van der Waals surface area contributed by atoms with Crippen LogP contribution in [-0.4, -0.2) is 36.4 Å². The molecule has 0 bridgehead atoms. The first-order valence-electron chi connectivity index (χ1n) is 9.85. The molecular formula is C21H21ClN6O4S. The quantitative estimate of drug-likeness (QED) is 0.365. The van der Waals surface area contributed by atoms with Gasteiger partial charge in [0.1, 0.15) is 16.4 Å². The highest BCUT2D eigenvalue weighted by molar-refractivity contribution is 7.90. The summed E-state index contributed by atoms with van der Waals surface area (Å²) in [6.07, 6.45) is 5.24. The molecule has 4 rings (SSSR count). The number of imidazole rings is 1. The number of benzene rings is 2. The Hall–Kier alpha value is -3.57. The number of aromatic nitrogens is 2. The monoisotopic (exact) mass is 488 g/mol. The maximum absolute atomic E-state index is 13.2. The van der Waals surface area contributed by atoms with Gasteiger partial charge in [0, 0.05) is 42.3 Å². The van der Waals surface area contributed by atoms with Gasteiger partial charge in [-0.2, -0.15) is 4.99 Å². The first-order valence-corrected chi connectivity index (χ1v) is 11.9. The maximum Gasteiger partial charge on any atom is 0.280 e. The van der Waals surface area contributed by atoms with Gasteiger partial charge in [0.25, 0.3) is 5.91 Å². The Labute approximate surface area is 195 Å². The summed E-state index contributed by atoms with van der Waals surface area (Å²) in [7, 11) is -3.88. The molecule has 1 amide bonds. The molecule has 5 N–H and O–H groups in total. The van der Waals surface area contributed by atoms with Crippen LogP contribution < -0.4 is 21.5 Å². The number of amides is 1. The molecule has 1 aliphatic rings. The van der Waals surface area contributed by atoms with E-state index >= 15 is 0 Å². The zero-order chi connectivity index (χ0) is 23.8. The fourth-order valence-corrected chi connectivity index (χ4v) is 5.36. The van der Waals surface area contributed by atoms with Crippen LogP contribution in [0.5, 0.6) is 11.5 Å². The van der Waals surface area contributed by atoms with Gasteiger partial charge in [0.05, 0.1) is 17.1 Å². The Balaban J connectivity index is 1.68. The van der Waals surface area contributed by atoms with Crippen molar-refractivity contribution in [3.63, 3.8) is 0 Å². The topological polar surface area (TPSA) is 155 Å². The molecule has 0 atom stereocenters. The second kappa shape index (κ2) is 8.75. The molecule has 2 heterocycles. The summed E-state index contributed by atoms with van der Waals surface area (Å²) in [6, 6.07) is 6.06. The summed E-state index contributed by atoms with van der Waals surface area (Å²) in [6.45, 7) is 2.88. The molecule has 12 heteroatoms. The fourth-order valence-electron chi connectivity index (χ4n) is 3.52. The zero-order valence-electron chi connectivity index (χ0n) is 17.6. The van der Waals surface area contributed by atoms with E-state index in [0.717, 1.165) is 0 Å². The molecule has 0 fully saturated rings. The number of halogens is 1. The summed E-state index contributed by atoms with van der Waals surface area (Å²) in [5, 5.41) is 3.49. The number of nitrogens with one attached hydrogen (secondary N) is 1. The molecule has 1 aromatic heterocycles. The minimum absolute atomic E-state index is 0.0331. The van der Waals surface area contributed by atoms with Gasteiger partial charge in [-0.25, -0.2) is 13.4 Å². The number of sulfone groups is 1. The lowest BCUT2D eigenvalue weighted by molar-refractivity contribution is 0.100. The number of hydrogen-bond acceptors (Lipinski definition) is 6. The predicted molar refractivity (Wildman–Crippen MR) is 124 cm³/mol. The Morgan fingerprint density at radius 3 is 2.76 bits per heavy atom. The Kier molecular flexibility index (Phi) is 6.00. The van der Waals surface area contributed by atoms with Crippen molar-refractivity contribution in [1.29, 1.82) is 0 Å². The molecular weight excluding hydrogens is 468 g/mol. The van der Waals surface area contributed by atoms with Crippen LogP contribution in [0.1, 0.15) is 21.5 Å². The van der Waals surface area contributed by atoms with Gasteiger partial charge in [0.15, 0.2) is 15.8 Å². The fraction of sp³-hybridized carbons (Fsp3) is 0.190. The molecule has 0 unspecified atom stereocenters. The van der Waals surface area contributed by atoms with Gasteiger partial charge in [-0.1, -0.05) is 11.6 Å². The number of ether oxygens (including phenoxy) is 1. The second-order valence-electron chi connectivity index (χ2n) is 7.50. The third kappa shape index (κ3) is 4.78. The number of hydrogen-bond donors (Lipinski definition) is 3. The van der Waals surface area contributed by atoms with E-state index in [0.29, 0.717) is 29.9 Å². The first-order chi connectivity index (χ1) is 15.6. The van der Waals surface area contributed by atoms with E-state index in [1.54, 1.807) is 31.6 Å². The van der Waals surface area contributed by atoms with Crippen molar-refractivity contribution in [2.45, 2.75) is 24.1 Å². The smallest absolute Gasteiger partial charge is 0.280 e. The molecule has 0 aliphatic carbocycles. The first kappa shape index (κ1) is 22.6. The van der Waals surface area contributed by atoms with Crippen LogP contribution >= 0.6 is 11.6 Å². The van der Waals surface area contributed by atoms with E-state index < -0.39 is 21.7 Å². The van der Waals surface area contributed by atoms with Crippen LogP contribution in [0.2, 0.25) is 5.02 Å². The number of nitrogens with zero attached hydrogens (tertiary/aromatic N) is 3. The predicted octanol–water partition coefficient (Wildman–Crippen LogP) is 2.45. The molecule has 3 aromatic rings. The van der Waals surface area contributed by atoms with Crippen molar-refractivity contribution in [1.82, 2.24) is 9.55 Å². The molecule has 0 saturated carbocycles. The molecule has 2 aromatic carbocycles. The molecule has 33 heavy (non-hydrogen) atoms. The van der Waals surface area contributed by atoms with Crippen molar-refractivity contribution >= 4 is 39.0 Å². The van der Waals surface area contributed by atoms with Crippen LogP contribution in [0.3, 0.4) is 0 Å². The van der Waals surface area contributed by atoms with Gasteiger partial charge < -0.3 is 26.1 Å². The number of anilines is 1. The second-order valence-corrected chi connectivity index (χ2v) is 9.86. The Morgan fingerprint density at radius 2 is 2.06 bits per heavy atom.